The molecule has 1 N–H and O–H groups in total. The number of piperazine rings is 1. The highest BCUT2D eigenvalue weighted by Crippen LogP contribution is 2.22. The molecule has 4 rings (SSSR count). The normalized spacial score (nSPS) is 15.8. The molecule has 5 heteroatoms. The fourth-order valence-electron chi connectivity index (χ4n) is 4.08. The van der Waals surface area contributed by atoms with Crippen molar-refractivity contribution in [2.45, 2.75) is 33.0 Å². The Morgan fingerprint density at radius 2 is 1.55 bits per heavy atom. The van der Waals surface area contributed by atoms with E-state index in [4.69, 9.17) is 4.42 Å². The number of hydrogen-bond acceptors (Lipinski definition) is 5. The van der Waals surface area contributed by atoms with Crippen molar-refractivity contribution in [3.63, 3.8) is 0 Å². The number of fused-ring (bicyclic) bond motifs is 1. The largest absolute Gasteiger partial charge is 0.423 e. The summed E-state index contributed by atoms with van der Waals surface area (Å²) in [6, 6.07) is 15.8. The van der Waals surface area contributed by atoms with Crippen molar-refractivity contribution in [3.05, 3.63) is 81.2 Å². The molecule has 0 amide bonds. The Balaban J connectivity index is 1.44. The first-order valence-electron chi connectivity index (χ1n) is 10.3. The van der Waals surface area contributed by atoms with Crippen LogP contribution in [0.3, 0.4) is 0 Å². The molecule has 0 radical (unpaired) electrons. The van der Waals surface area contributed by atoms with Gasteiger partial charge in [0.1, 0.15) is 5.58 Å². The molecule has 1 aromatic heterocycles. The average Bonchev–Trinajstić information content (AvgIpc) is 2.75. The van der Waals surface area contributed by atoms with Crippen LogP contribution in [0.25, 0.3) is 11.0 Å². The molecule has 0 saturated carbocycles. The Morgan fingerprint density at radius 3 is 2.21 bits per heavy atom. The minimum Gasteiger partial charge on any atom is -0.423 e. The zero-order valence-corrected chi connectivity index (χ0v) is 16.9. The Kier molecular flexibility index (Phi) is 6.09. The summed E-state index contributed by atoms with van der Waals surface area (Å²) in [4.78, 5) is 16.8. The molecule has 152 valence electrons. The summed E-state index contributed by atoms with van der Waals surface area (Å²) in [7, 11) is 0. The Morgan fingerprint density at radius 1 is 0.897 bits per heavy atom. The van der Waals surface area contributed by atoms with Crippen LogP contribution in [0.15, 0.2) is 57.7 Å². The SMILES string of the molecule is CCc1ccc2oc(=O)cc(CN3CCN(Cc4ccccc4CO)CC3)c2c1. The number of benzene rings is 2. The Hall–Kier alpha value is -2.47. The lowest BCUT2D eigenvalue weighted by Gasteiger charge is -2.35. The maximum atomic E-state index is 12.0. The summed E-state index contributed by atoms with van der Waals surface area (Å²) in [5.41, 5.74) is 4.89. The van der Waals surface area contributed by atoms with E-state index in [-0.39, 0.29) is 12.2 Å². The number of rotatable bonds is 6. The van der Waals surface area contributed by atoms with Crippen LogP contribution in [0.2, 0.25) is 0 Å². The van der Waals surface area contributed by atoms with Crippen molar-refractivity contribution in [1.29, 1.82) is 0 Å². The molecule has 0 bridgehead atoms. The summed E-state index contributed by atoms with van der Waals surface area (Å²) >= 11 is 0. The van der Waals surface area contributed by atoms with E-state index in [9.17, 15) is 9.90 Å². The lowest BCUT2D eigenvalue weighted by molar-refractivity contribution is 0.121. The van der Waals surface area contributed by atoms with Crippen LogP contribution in [0.4, 0.5) is 0 Å². The van der Waals surface area contributed by atoms with Crippen molar-refractivity contribution < 1.29 is 9.52 Å². The van der Waals surface area contributed by atoms with E-state index in [0.717, 1.165) is 62.2 Å². The van der Waals surface area contributed by atoms with Crippen molar-refractivity contribution in [1.82, 2.24) is 9.80 Å². The third kappa shape index (κ3) is 4.58. The van der Waals surface area contributed by atoms with Crippen LogP contribution in [0.1, 0.15) is 29.2 Å². The van der Waals surface area contributed by atoms with Gasteiger partial charge in [-0.1, -0.05) is 37.3 Å². The summed E-state index contributed by atoms with van der Waals surface area (Å²) in [5.74, 6) is 0. The minimum absolute atomic E-state index is 0.0829. The maximum absolute atomic E-state index is 12.0. The molecule has 0 unspecified atom stereocenters. The van der Waals surface area contributed by atoms with Gasteiger partial charge in [-0.3, -0.25) is 9.80 Å². The summed E-state index contributed by atoms with van der Waals surface area (Å²) in [5, 5.41) is 10.6. The fraction of sp³-hybridized carbons (Fsp3) is 0.375. The summed E-state index contributed by atoms with van der Waals surface area (Å²) in [6.45, 7) is 7.69. The first-order chi connectivity index (χ1) is 14.2. The molecule has 0 spiro atoms. The number of aryl methyl sites for hydroxylation is 1. The number of aliphatic hydroxyl groups is 1. The lowest BCUT2D eigenvalue weighted by atomic mass is 10.0. The zero-order valence-electron chi connectivity index (χ0n) is 16.9. The maximum Gasteiger partial charge on any atom is 0.336 e. The van der Waals surface area contributed by atoms with Crippen LogP contribution in [-0.4, -0.2) is 41.1 Å². The molecule has 2 heterocycles. The molecule has 1 saturated heterocycles. The van der Waals surface area contributed by atoms with Gasteiger partial charge in [-0.15, -0.1) is 0 Å². The molecule has 29 heavy (non-hydrogen) atoms. The monoisotopic (exact) mass is 392 g/mol. The van der Waals surface area contributed by atoms with Crippen LogP contribution in [-0.2, 0) is 26.1 Å². The molecule has 5 nitrogen and oxygen atoms in total. The molecule has 1 aliphatic rings. The van der Waals surface area contributed by atoms with Crippen LogP contribution < -0.4 is 5.63 Å². The summed E-state index contributed by atoms with van der Waals surface area (Å²) < 4.78 is 5.39. The molecule has 3 aromatic rings. The van der Waals surface area contributed by atoms with Gasteiger partial charge in [-0.25, -0.2) is 4.79 Å². The average molecular weight is 392 g/mol. The van der Waals surface area contributed by atoms with Crippen molar-refractivity contribution in [3.8, 4) is 0 Å². The minimum atomic E-state index is -0.281. The molecule has 2 aromatic carbocycles. The number of nitrogens with zero attached hydrogens (tertiary/aromatic N) is 2. The van der Waals surface area contributed by atoms with Crippen molar-refractivity contribution in [2.24, 2.45) is 0 Å². The highest BCUT2D eigenvalue weighted by molar-refractivity contribution is 5.80. The van der Waals surface area contributed by atoms with Crippen LogP contribution >= 0.6 is 0 Å². The highest BCUT2D eigenvalue weighted by atomic mass is 16.4. The van der Waals surface area contributed by atoms with E-state index in [1.165, 1.54) is 11.1 Å². The molecule has 0 aliphatic carbocycles. The fourth-order valence-corrected chi connectivity index (χ4v) is 4.08. The topological polar surface area (TPSA) is 56.9 Å². The van der Waals surface area contributed by atoms with Gasteiger partial charge in [0.05, 0.1) is 6.61 Å². The number of aliphatic hydroxyl groups excluding tert-OH is 1. The predicted molar refractivity (Wildman–Crippen MR) is 115 cm³/mol. The molecular formula is C24H28N2O3. The van der Waals surface area contributed by atoms with E-state index in [2.05, 4.69) is 28.9 Å². The van der Waals surface area contributed by atoms with E-state index < -0.39 is 0 Å². The van der Waals surface area contributed by atoms with E-state index in [1.807, 2.05) is 30.3 Å². The Bertz CT molecular complexity index is 1040. The van der Waals surface area contributed by atoms with Gasteiger partial charge in [0, 0.05) is 50.7 Å². The van der Waals surface area contributed by atoms with Gasteiger partial charge < -0.3 is 9.52 Å². The zero-order chi connectivity index (χ0) is 20.2. The van der Waals surface area contributed by atoms with Gasteiger partial charge in [0.15, 0.2) is 0 Å². The molecular weight excluding hydrogens is 364 g/mol. The standard InChI is InChI=1S/C24H28N2O3/c1-2-18-7-8-23-22(13-18)21(14-24(28)29-23)16-26-11-9-25(10-12-26)15-19-5-3-4-6-20(19)17-27/h3-8,13-14,27H,2,9-12,15-17H2,1H3. The smallest absolute Gasteiger partial charge is 0.336 e. The van der Waals surface area contributed by atoms with Crippen molar-refractivity contribution >= 4 is 11.0 Å². The predicted octanol–water partition coefficient (Wildman–Crippen LogP) is 3.17. The van der Waals surface area contributed by atoms with Gasteiger partial charge in [-0.05, 0) is 40.8 Å². The highest BCUT2D eigenvalue weighted by Gasteiger charge is 2.19. The second-order valence-corrected chi connectivity index (χ2v) is 7.75. The van der Waals surface area contributed by atoms with Gasteiger partial charge in [0.25, 0.3) is 0 Å². The van der Waals surface area contributed by atoms with Crippen molar-refractivity contribution in [2.75, 3.05) is 26.2 Å². The van der Waals surface area contributed by atoms with Gasteiger partial charge >= 0.3 is 5.63 Å². The molecule has 1 fully saturated rings. The summed E-state index contributed by atoms with van der Waals surface area (Å²) in [6.07, 6.45) is 0.961. The molecule has 0 atom stereocenters. The third-order valence-corrected chi connectivity index (χ3v) is 5.84. The van der Waals surface area contributed by atoms with E-state index in [0.29, 0.717) is 5.58 Å². The van der Waals surface area contributed by atoms with E-state index >= 15 is 0 Å². The Labute approximate surface area is 171 Å². The second-order valence-electron chi connectivity index (χ2n) is 7.75. The van der Waals surface area contributed by atoms with Gasteiger partial charge in [0.2, 0.25) is 0 Å². The lowest BCUT2D eigenvalue weighted by Crippen LogP contribution is -2.45. The number of hydrogen-bond donors (Lipinski definition) is 1. The van der Waals surface area contributed by atoms with Crippen LogP contribution in [0.5, 0.6) is 0 Å². The quantitative estimate of drug-likeness (QED) is 0.653. The van der Waals surface area contributed by atoms with Gasteiger partial charge in [-0.2, -0.15) is 0 Å². The van der Waals surface area contributed by atoms with Crippen LogP contribution in [0, 0.1) is 0 Å². The van der Waals surface area contributed by atoms with E-state index in [1.54, 1.807) is 6.07 Å². The second kappa shape index (κ2) is 8.91. The molecule has 1 aliphatic heterocycles. The first-order valence-corrected chi connectivity index (χ1v) is 10.3. The first kappa shape index (κ1) is 19.8. The third-order valence-electron chi connectivity index (χ3n) is 5.84.